The number of piperazine rings is 1. The molecular formula is C30H33N5OS. The number of benzene rings is 2. The maximum absolute atomic E-state index is 13.6. The quantitative estimate of drug-likeness (QED) is 0.358. The molecule has 0 spiro atoms. The van der Waals surface area contributed by atoms with Gasteiger partial charge in [0.25, 0.3) is 5.91 Å². The molecule has 2 aromatic heterocycles. The van der Waals surface area contributed by atoms with Crippen LogP contribution in [0, 0.1) is 12.8 Å². The topological polar surface area (TPSA) is 52.6 Å². The van der Waals surface area contributed by atoms with Crippen molar-refractivity contribution in [3.63, 3.8) is 0 Å². The first-order valence-electron chi connectivity index (χ1n) is 13.3. The highest BCUT2D eigenvalue weighted by Crippen LogP contribution is 2.36. The first-order chi connectivity index (χ1) is 18.2. The van der Waals surface area contributed by atoms with Crippen LogP contribution in [0.3, 0.4) is 0 Å². The third-order valence-electron chi connectivity index (χ3n) is 7.87. The van der Waals surface area contributed by atoms with Crippen molar-refractivity contribution in [1.29, 1.82) is 0 Å². The van der Waals surface area contributed by atoms with Gasteiger partial charge in [0.05, 0.1) is 10.3 Å². The van der Waals surface area contributed by atoms with Crippen LogP contribution in [0.25, 0.3) is 10.2 Å². The summed E-state index contributed by atoms with van der Waals surface area (Å²) in [6, 6.07) is 21.3. The molecule has 1 amide bonds. The Labute approximate surface area is 222 Å². The lowest BCUT2D eigenvalue weighted by molar-refractivity contribution is 0.0695. The molecule has 6 rings (SSSR count). The summed E-state index contributed by atoms with van der Waals surface area (Å²) in [6.45, 7) is 7.41. The summed E-state index contributed by atoms with van der Waals surface area (Å²) in [4.78, 5) is 31.4. The Morgan fingerprint density at radius 1 is 0.865 bits per heavy atom. The van der Waals surface area contributed by atoms with Crippen molar-refractivity contribution in [3.8, 4) is 0 Å². The van der Waals surface area contributed by atoms with Crippen molar-refractivity contribution in [2.75, 3.05) is 49.1 Å². The average Bonchev–Trinajstić information content (AvgIpc) is 3.31. The number of nitrogens with zero attached hydrogens (tertiary/aromatic N) is 5. The summed E-state index contributed by atoms with van der Waals surface area (Å²) in [6.07, 6.45) is 4.87. The third-order valence-corrected chi connectivity index (χ3v) is 9.06. The molecule has 37 heavy (non-hydrogen) atoms. The number of aryl methyl sites for hydroxylation is 1. The zero-order chi connectivity index (χ0) is 25.2. The molecule has 0 atom stereocenters. The summed E-state index contributed by atoms with van der Waals surface area (Å²) < 4.78 is 0. The van der Waals surface area contributed by atoms with Crippen LogP contribution in [-0.4, -0.2) is 60.0 Å². The molecule has 2 fully saturated rings. The molecule has 6 nitrogen and oxygen atoms in total. The first-order valence-corrected chi connectivity index (χ1v) is 14.1. The molecule has 2 aromatic carbocycles. The fourth-order valence-electron chi connectivity index (χ4n) is 5.74. The Balaban J connectivity index is 1.15. The van der Waals surface area contributed by atoms with Gasteiger partial charge in [-0.3, -0.25) is 4.79 Å². The fraction of sp³-hybridized carbons (Fsp3) is 0.367. The molecule has 0 bridgehead atoms. The van der Waals surface area contributed by atoms with Gasteiger partial charge < -0.3 is 14.7 Å². The average molecular weight is 512 g/mol. The van der Waals surface area contributed by atoms with Crippen LogP contribution >= 0.6 is 11.3 Å². The van der Waals surface area contributed by atoms with E-state index in [9.17, 15) is 4.79 Å². The highest BCUT2D eigenvalue weighted by molar-refractivity contribution is 7.20. The number of amides is 1. The number of rotatable bonds is 5. The van der Waals surface area contributed by atoms with Crippen molar-refractivity contribution in [3.05, 3.63) is 83.0 Å². The number of thiophene rings is 1. The molecule has 4 aromatic rings. The molecule has 2 saturated heterocycles. The molecule has 0 radical (unpaired) electrons. The van der Waals surface area contributed by atoms with Crippen LogP contribution in [0.5, 0.6) is 0 Å². The molecular weight excluding hydrogens is 478 g/mol. The maximum atomic E-state index is 13.6. The van der Waals surface area contributed by atoms with Gasteiger partial charge in [-0.05, 0) is 55.4 Å². The summed E-state index contributed by atoms with van der Waals surface area (Å²) in [5.41, 5.74) is 3.68. The second kappa shape index (κ2) is 10.5. The largest absolute Gasteiger partial charge is 0.368 e. The van der Waals surface area contributed by atoms with Gasteiger partial charge in [0, 0.05) is 45.0 Å². The van der Waals surface area contributed by atoms with Crippen LogP contribution in [0.15, 0.2) is 67.0 Å². The second-order valence-corrected chi connectivity index (χ2v) is 11.2. The maximum Gasteiger partial charge on any atom is 0.264 e. The van der Waals surface area contributed by atoms with Gasteiger partial charge in [0.15, 0.2) is 0 Å². The minimum atomic E-state index is 0.151. The summed E-state index contributed by atoms with van der Waals surface area (Å²) >= 11 is 1.53. The van der Waals surface area contributed by atoms with E-state index in [1.165, 1.54) is 22.6 Å². The number of para-hydroxylation sites is 1. The second-order valence-electron chi connectivity index (χ2n) is 10.2. The molecule has 7 heteroatoms. The normalized spacial score (nSPS) is 16.9. The highest BCUT2D eigenvalue weighted by atomic mass is 32.1. The van der Waals surface area contributed by atoms with E-state index in [4.69, 9.17) is 4.98 Å². The van der Waals surface area contributed by atoms with E-state index < -0.39 is 0 Å². The molecule has 2 aliphatic heterocycles. The van der Waals surface area contributed by atoms with Crippen LogP contribution in [-0.2, 0) is 6.42 Å². The zero-order valence-corrected chi connectivity index (χ0v) is 22.2. The SMILES string of the molecule is Cc1c(C(=O)N2CCC(Cc3ccccc3)CC2)sc2ncnc(N3CCN(c4ccccc4)CC3)c12. The first kappa shape index (κ1) is 23.9. The van der Waals surface area contributed by atoms with E-state index in [-0.39, 0.29) is 5.91 Å². The molecule has 2 aliphatic rings. The Morgan fingerprint density at radius 3 is 2.22 bits per heavy atom. The van der Waals surface area contributed by atoms with E-state index in [1.54, 1.807) is 6.33 Å². The number of fused-ring (bicyclic) bond motifs is 1. The van der Waals surface area contributed by atoms with Gasteiger partial charge in [-0.15, -0.1) is 11.3 Å². The Hall–Kier alpha value is -3.45. The smallest absolute Gasteiger partial charge is 0.264 e. The summed E-state index contributed by atoms with van der Waals surface area (Å²) in [5.74, 6) is 1.76. The van der Waals surface area contributed by atoms with Crippen molar-refractivity contribution >= 4 is 39.0 Å². The molecule has 0 saturated carbocycles. The fourth-order valence-corrected chi connectivity index (χ4v) is 6.85. The van der Waals surface area contributed by atoms with Gasteiger partial charge in [-0.2, -0.15) is 0 Å². The number of hydrogen-bond donors (Lipinski definition) is 0. The van der Waals surface area contributed by atoms with Crippen LogP contribution in [0.4, 0.5) is 11.5 Å². The van der Waals surface area contributed by atoms with Gasteiger partial charge in [-0.1, -0.05) is 48.5 Å². The van der Waals surface area contributed by atoms with Gasteiger partial charge >= 0.3 is 0 Å². The number of carbonyl (C=O) groups excluding carboxylic acids is 1. The summed E-state index contributed by atoms with van der Waals surface area (Å²) in [5, 5.41) is 1.04. The molecule has 190 valence electrons. The van der Waals surface area contributed by atoms with Crippen molar-refractivity contribution in [1.82, 2.24) is 14.9 Å². The number of likely N-dealkylation sites (tertiary alicyclic amines) is 1. The lowest BCUT2D eigenvalue weighted by Gasteiger charge is -2.37. The van der Waals surface area contributed by atoms with E-state index in [0.717, 1.165) is 85.0 Å². The predicted octanol–water partition coefficient (Wildman–Crippen LogP) is 5.42. The van der Waals surface area contributed by atoms with E-state index in [2.05, 4.69) is 82.4 Å². The van der Waals surface area contributed by atoms with E-state index in [1.807, 2.05) is 4.90 Å². The predicted molar refractivity (Wildman–Crippen MR) is 152 cm³/mol. The highest BCUT2D eigenvalue weighted by Gasteiger charge is 2.29. The molecule has 4 heterocycles. The molecule has 0 aliphatic carbocycles. The monoisotopic (exact) mass is 511 g/mol. The van der Waals surface area contributed by atoms with E-state index in [0.29, 0.717) is 5.92 Å². The Morgan fingerprint density at radius 2 is 1.51 bits per heavy atom. The number of hydrogen-bond acceptors (Lipinski definition) is 6. The van der Waals surface area contributed by atoms with Crippen LogP contribution in [0.2, 0.25) is 0 Å². The molecule has 0 N–H and O–H groups in total. The zero-order valence-electron chi connectivity index (χ0n) is 21.3. The van der Waals surface area contributed by atoms with Crippen LogP contribution in [0.1, 0.15) is 33.6 Å². The minimum Gasteiger partial charge on any atom is -0.368 e. The van der Waals surface area contributed by atoms with Crippen molar-refractivity contribution in [2.24, 2.45) is 5.92 Å². The van der Waals surface area contributed by atoms with Gasteiger partial charge in [0.1, 0.15) is 17.0 Å². The molecule has 0 unspecified atom stereocenters. The van der Waals surface area contributed by atoms with E-state index >= 15 is 0 Å². The van der Waals surface area contributed by atoms with Crippen LogP contribution < -0.4 is 9.80 Å². The Kier molecular flexibility index (Phi) is 6.79. The van der Waals surface area contributed by atoms with Crippen molar-refractivity contribution in [2.45, 2.75) is 26.2 Å². The number of piperidine rings is 1. The third kappa shape index (κ3) is 4.92. The number of anilines is 2. The van der Waals surface area contributed by atoms with Crippen molar-refractivity contribution < 1.29 is 4.79 Å². The Bertz CT molecular complexity index is 1360. The standard InChI is InChI=1S/C30H33N5OS/c1-22-26-28(34-18-16-33(17-19-34)25-10-6-3-7-11-25)31-21-32-29(26)37-27(22)30(36)35-14-12-24(13-15-35)20-23-8-4-2-5-9-23/h2-11,21,24H,12-20H2,1H3. The number of aromatic nitrogens is 2. The lowest BCUT2D eigenvalue weighted by atomic mass is 9.90. The van der Waals surface area contributed by atoms with Gasteiger partial charge in [-0.25, -0.2) is 9.97 Å². The lowest BCUT2D eigenvalue weighted by Crippen LogP contribution is -2.46. The summed E-state index contributed by atoms with van der Waals surface area (Å²) in [7, 11) is 0. The minimum absolute atomic E-state index is 0.151. The number of carbonyl (C=O) groups is 1. The van der Waals surface area contributed by atoms with Gasteiger partial charge in [0.2, 0.25) is 0 Å².